The number of amides is 1. The number of benzene rings is 1. The number of hydrogen-bond donors (Lipinski definition) is 1. The number of sulfonamides is 1. The number of likely N-dealkylation sites (tertiary alicyclic amines) is 2. The molecule has 3 heterocycles. The zero-order chi connectivity index (χ0) is 24.0. The minimum Gasteiger partial charge on any atom is -0.325 e. The van der Waals surface area contributed by atoms with Gasteiger partial charge >= 0.3 is 0 Å². The SMILES string of the molecule is Cc1ccc(S(=O)(=O)N2CCCCC2)cc1NC(=O)CN1CCC(CN2CCCCCC2)CC1. The highest BCUT2D eigenvalue weighted by Gasteiger charge is 2.27. The summed E-state index contributed by atoms with van der Waals surface area (Å²) in [4.78, 5) is 18.0. The molecule has 0 atom stereocenters. The number of nitrogens with zero attached hydrogens (tertiary/aromatic N) is 3. The van der Waals surface area contributed by atoms with Gasteiger partial charge < -0.3 is 10.2 Å². The largest absolute Gasteiger partial charge is 0.325 e. The van der Waals surface area contributed by atoms with Gasteiger partial charge in [-0.25, -0.2) is 8.42 Å². The zero-order valence-electron chi connectivity index (χ0n) is 20.8. The quantitative estimate of drug-likeness (QED) is 0.631. The van der Waals surface area contributed by atoms with Crippen LogP contribution >= 0.6 is 0 Å². The molecule has 3 fully saturated rings. The van der Waals surface area contributed by atoms with E-state index in [1.54, 1.807) is 22.5 Å². The monoisotopic (exact) mass is 490 g/mol. The molecule has 3 saturated heterocycles. The molecule has 0 radical (unpaired) electrons. The van der Waals surface area contributed by atoms with E-state index in [0.717, 1.165) is 56.7 Å². The number of aryl methyl sites for hydroxylation is 1. The predicted molar refractivity (Wildman–Crippen MR) is 136 cm³/mol. The number of rotatable bonds is 7. The van der Waals surface area contributed by atoms with E-state index >= 15 is 0 Å². The van der Waals surface area contributed by atoms with Crippen molar-refractivity contribution in [2.24, 2.45) is 5.92 Å². The van der Waals surface area contributed by atoms with Crippen LogP contribution in [0.25, 0.3) is 0 Å². The maximum Gasteiger partial charge on any atom is 0.243 e. The van der Waals surface area contributed by atoms with Gasteiger partial charge in [-0.1, -0.05) is 25.3 Å². The van der Waals surface area contributed by atoms with Crippen LogP contribution in [0.1, 0.15) is 63.4 Å². The molecule has 8 heteroatoms. The van der Waals surface area contributed by atoms with Crippen molar-refractivity contribution in [1.29, 1.82) is 0 Å². The van der Waals surface area contributed by atoms with Crippen LogP contribution in [0.4, 0.5) is 5.69 Å². The van der Waals surface area contributed by atoms with E-state index < -0.39 is 10.0 Å². The number of nitrogens with one attached hydrogen (secondary N) is 1. The van der Waals surface area contributed by atoms with Crippen molar-refractivity contribution in [3.05, 3.63) is 23.8 Å². The number of carbonyl (C=O) groups excluding carboxylic acids is 1. The van der Waals surface area contributed by atoms with Gasteiger partial charge in [0.15, 0.2) is 0 Å². The molecule has 34 heavy (non-hydrogen) atoms. The first-order valence-corrected chi connectivity index (χ1v) is 14.7. The molecule has 0 unspecified atom stereocenters. The fourth-order valence-corrected chi connectivity index (χ4v) is 7.10. The summed E-state index contributed by atoms with van der Waals surface area (Å²) in [5.74, 6) is 0.665. The highest BCUT2D eigenvalue weighted by atomic mass is 32.2. The van der Waals surface area contributed by atoms with Gasteiger partial charge in [0.05, 0.1) is 11.4 Å². The molecule has 0 aromatic heterocycles. The smallest absolute Gasteiger partial charge is 0.243 e. The average molecular weight is 491 g/mol. The molecule has 190 valence electrons. The van der Waals surface area contributed by atoms with E-state index in [-0.39, 0.29) is 10.8 Å². The van der Waals surface area contributed by atoms with Gasteiger partial charge in [-0.2, -0.15) is 4.31 Å². The Morgan fingerprint density at radius 1 is 0.882 bits per heavy atom. The molecule has 1 N–H and O–H groups in total. The molecule has 4 rings (SSSR count). The Morgan fingerprint density at radius 3 is 2.18 bits per heavy atom. The van der Waals surface area contributed by atoms with Crippen LogP contribution in [0.3, 0.4) is 0 Å². The summed E-state index contributed by atoms with van der Waals surface area (Å²) in [7, 11) is -3.52. The van der Waals surface area contributed by atoms with Crippen molar-refractivity contribution < 1.29 is 13.2 Å². The van der Waals surface area contributed by atoms with Crippen LogP contribution in [0.15, 0.2) is 23.1 Å². The van der Waals surface area contributed by atoms with E-state index in [0.29, 0.717) is 25.3 Å². The minimum atomic E-state index is -3.52. The minimum absolute atomic E-state index is 0.0680. The second kappa shape index (κ2) is 12.0. The normalized spacial score (nSPS) is 22.4. The Morgan fingerprint density at radius 2 is 1.50 bits per heavy atom. The maximum absolute atomic E-state index is 13.0. The lowest BCUT2D eigenvalue weighted by atomic mass is 9.96. The number of hydrogen-bond acceptors (Lipinski definition) is 5. The Balaban J connectivity index is 1.28. The van der Waals surface area contributed by atoms with Crippen LogP contribution in [-0.2, 0) is 14.8 Å². The summed E-state index contributed by atoms with van der Waals surface area (Å²) in [5.41, 5.74) is 1.47. The molecular weight excluding hydrogens is 448 g/mol. The first kappa shape index (κ1) is 25.6. The molecule has 0 aliphatic carbocycles. The fraction of sp³-hybridized carbons (Fsp3) is 0.731. The lowest BCUT2D eigenvalue weighted by Crippen LogP contribution is -2.42. The summed E-state index contributed by atoms with van der Waals surface area (Å²) in [6, 6.07) is 5.08. The Labute approximate surface area is 205 Å². The third-order valence-corrected chi connectivity index (χ3v) is 9.62. The lowest BCUT2D eigenvalue weighted by Gasteiger charge is -2.34. The second-order valence-electron chi connectivity index (χ2n) is 10.4. The second-order valence-corrected chi connectivity index (χ2v) is 12.4. The van der Waals surface area contributed by atoms with Crippen molar-refractivity contribution in [3.8, 4) is 0 Å². The van der Waals surface area contributed by atoms with Gasteiger partial charge in [0.1, 0.15) is 0 Å². The van der Waals surface area contributed by atoms with E-state index in [1.807, 2.05) is 6.92 Å². The van der Waals surface area contributed by atoms with Crippen LogP contribution in [0.2, 0.25) is 0 Å². The summed E-state index contributed by atoms with van der Waals surface area (Å²) >= 11 is 0. The van der Waals surface area contributed by atoms with Gasteiger partial charge in [0, 0.05) is 25.3 Å². The molecule has 0 saturated carbocycles. The van der Waals surface area contributed by atoms with Gasteiger partial charge in [-0.15, -0.1) is 0 Å². The van der Waals surface area contributed by atoms with E-state index in [4.69, 9.17) is 0 Å². The number of carbonyl (C=O) groups is 1. The number of anilines is 1. The lowest BCUT2D eigenvalue weighted by molar-refractivity contribution is -0.117. The van der Waals surface area contributed by atoms with Crippen molar-refractivity contribution in [3.63, 3.8) is 0 Å². The zero-order valence-corrected chi connectivity index (χ0v) is 21.6. The van der Waals surface area contributed by atoms with Gasteiger partial charge in [-0.3, -0.25) is 9.69 Å². The molecule has 7 nitrogen and oxygen atoms in total. The fourth-order valence-electron chi connectivity index (χ4n) is 5.55. The van der Waals surface area contributed by atoms with Gasteiger partial charge in [0.25, 0.3) is 0 Å². The third kappa shape index (κ3) is 6.80. The maximum atomic E-state index is 13.0. The van der Waals surface area contributed by atoms with Crippen LogP contribution in [0.5, 0.6) is 0 Å². The average Bonchev–Trinajstić information content (AvgIpc) is 3.11. The molecule has 1 amide bonds. The van der Waals surface area contributed by atoms with Crippen molar-refractivity contribution in [2.45, 2.75) is 69.6 Å². The standard InChI is InChI=1S/C26H42N4O3S/c1-22-9-10-24(34(32,33)30-15-7-4-8-16-30)19-25(22)27-26(31)21-29-17-11-23(12-18-29)20-28-13-5-2-3-6-14-28/h9-10,19,23H,2-8,11-18,20-21H2,1H3,(H,27,31). The summed E-state index contributed by atoms with van der Waals surface area (Å²) in [6.45, 7) is 9.01. The first-order valence-electron chi connectivity index (χ1n) is 13.3. The highest BCUT2D eigenvalue weighted by molar-refractivity contribution is 7.89. The molecule has 1 aromatic carbocycles. The topological polar surface area (TPSA) is 73.0 Å². The van der Waals surface area contributed by atoms with Gasteiger partial charge in [0.2, 0.25) is 15.9 Å². The molecular formula is C26H42N4O3S. The summed E-state index contributed by atoms with van der Waals surface area (Å²) < 4.78 is 27.7. The van der Waals surface area contributed by atoms with Crippen LogP contribution < -0.4 is 5.32 Å². The van der Waals surface area contributed by atoms with E-state index in [2.05, 4.69) is 15.1 Å². The van der Waals surface area contributed by atoms with Crippen molar-refractivity contribution in [1.82, 2.24) is 14.1 Å². The summed E-state index contributed by atoms with van der Waals surface area (Å²) in [5, 5.41) is 2.98. The van der Waals surface area contributed by atoms with Crippen molar-refractivity contribution >= 4 is 21.6 Å². The van der Waals surface area contributed by atoms with Gasteiger partial charge in [-0.05, 0) is 95.2 Å². The molecule has 1 aromatic rings. The Hall–Kier alpha value is -1.48. The molecule has 0 spiro atoms. The Bertz CT molecular complexity index is 914. The van der Waals surface area contributed by atoms with E-state index in [1.165, 1.54) is 45.3 Å². The molecule has 3 aliphatic heterocycles. The van der Waals surface area contributed by atoms with Crippen LogP contribution in [0, 0.1) is 12.8 Å². The number of piperidine rings is 2. The Kier molecular flexibility index (Phi) is 9.02. The molecule has 0 bridgehead atoms. The molecule has 3 aliphatic rings. The highest BCUT2D eigenvalue weighted by Crippen LogP contribution is 2.26. The van der Waals surface area contributed by atoms with Crippen molar-refractivity contribution in [2.75, 3.05) is 57.7 Å². The summed E-state index contributed by atoms with van der Waals surface area (Å²) in [6.07, 6.45) is 10.6. The first-order chi connectivity index (χ1) is 16.4. The van der Waals surface area contributed by atoms with Crippen LogP contribution in [-0.4, -0.2) is 80.8 Å². The van der Waals surface area contributed by atoms with E-state index in [9.17, 15) is 13.2 Å². The third-order valence-electron chi connectivity index (χ3n) is 7.73. The predicted octanol–water partition coefficient (Wildman–Crippen LogP) is 3.70.